The third-order valence-corrected chi connectivity index (χ3v) is 14.0. The fourth-order valence-corrected chi connectivity index (χ4v) is 11.0. The van der Waals surface area contributed by atoms with Crippen LogP contribution in [0, 0.1) is 5.41 Å². The van der Waals surface area contributed by atoms with Crippen LogP contribution in [0.1, 0.15) is 118 Å². The second kappa shape index (κ2) is 12.8. The summed E-state index contributed by atoms with van der Waals surface area (Å²) in [6.07, 6.45) is 11.1. The third-order valence-electron chi connectivity index (χ3n) is 12.8. The molecule has 1 spiro atoms. The van der Waals surface area contributed by atoms with Gasteiger partial charge in [-0.2, -0.15) is 0 Å². The van der Waals surface area contributed by atoms with E-state index in [1.165, 1.54) is 36.1 Å². The maximum absolute atomic E-state index is 15.0. The Morgan fingerprint density at radius 2 is 1.76 bits per heavy atom. The number of benzene rings is 2. The Kier molecular flexibility index (Phi) is 8.59. The molecule has 2 saturated carbocycles. The number of likely N-dealkylation sites (tertiary alicyclic amines) is 2. The first-order valence-electron chi connectivity index (χ1n) is 18.8. The van der Waals surface area contributed by atoms with Gasteiger partial charge in [-0.3, -0.25) is 19.1 Å². The van der Waals surface area contributed by atoms with E-state index in [2.05, 4.69) is 37.3 Å². The SMILES string of the molecule is CCCS(=O)NC(=O)c1ccc2c(C3CCCCC3)c3n(c2c1)CC1(C(=O)N2CCC4(CCCN4C(C)=O)CC2)CC1c1cc(OC)ccc1-3. The Bertz CT molecular complexity index is 1890. The molecule has 266 valence electrons. The van der Waals surface area contributed by atoms with Gasteiger partial charge >= 0.3 is 0 Å². The van der Waals surface area contributed by atoms with Crippen molar-refractivity contribution in [3.8, 4) is 17.0 Å². The van der Waals surface area contributed by atoms with Crippen LogP contribution in [-0.2, 0) is 27.1 Å². The van der Waals surface area contributed by atoms with Crippen LogP contribution in [0.4, 0.5) is 0 Å². The van der Waals surface area contributed by atoms with Crippen molar-refractivity contribution in [3.63, 3.8) is 0 Å². The quantitative estimate of drug-likeness (QED) is 0.298. The molecule has 0 bridgehead atoms. The van der Waals surface area contributed by atoms with Crippen molar-refractivity contribution in [2.24, 2.45) is 5.41 Å². The lowest BCUT2D eigenvalue weighted by Gasteiger charge is -2.45. The minimum atomic E-state index is -1.43. The molecule has 4 fully saturated rings. The van der Waals surface area contributed by atoms with E-state index in [9.17, 15) is 18.6 Å². The molecule has 2 aromatic carbocycles. The first kappa shape index (κ1) is 33.5. The zero-order valence-electron chi connectivity index (χ0n) is 29.7. The number of amides is 3. The predicted octanol–water partition coefficient (Wildman–Crippen LogP) is 6.66. The van der Waals surface area contributed by atoms with E-state index < -0.39 is 16.4 Å². The number of rotatable bonds is 7. The zero-order chi connectivity index (χ0) is 34.8. The number of nitrogens with one attached hydrogen (secondary N) is 1. The molecule has 9 nitrogen and oxygen atoms in total. The molecule has 2 aliphatic carbocycles. The molecule has 1 aromatic heterocycles. The summed E-state index contributed by atoms with van der Waals surface area (Å²) in [4.78, 5) is 45.0. The molecule has 3 atom stereocenters. The Morgan fingerprint density at radius 1 is 0.980 bits per heavy atom. The van der Waals surface area contributed by atoms with Gasteiger partial charge in [-0.15, -0.1) is 0 Å². The number of methoxy groups -OCH3 is 1. The Balaban J connectivity index is 1.23. The average molecular weight is 699 g/mol. The summed E-state index contributed by atoms with van der Waals surface area (Å²) in [7, 11) is 0.265. The summed E-state index contributed by atoms with van der Waals surface area (Å²) in [6.45, 7) is 6.30. The van der Waals surface area contributed by atoms with E-state index in [0.717, 1.165) is 80.1 Å². The molecule has 10 heteroatoms. The van der Waals surface area contributed by atoms with Gasteiger partial charge in [0, 0.05) is 72.3 Å². The van der Waals surface area contributed by atoms with Crippen LogP contribution >= 0.6 is 0 Å². The number of piperidine rings is 1. The Hall–Kier alpha value is -3.66. The molecule has 5 aliphatic rings. The zero-order valence-corrected chi connectivity index (χ0v) is 30.5. The van der Waals surface area contributed by atoms with Crippen molar-refractivity contribution in [2.45, 2.75) is 108 Å². The maximum Gasteiger partial charge on any atom is 0.263 e. The van der Waals surface area contributed by atoms with Gasteiger partial charge in [-0.05, 0) is 98.7 Å². The van der Waals surface area contributed by atoms with Crippen molar-refractivity contribution in [1.29, 1.82) is 0 Å². The molecule has 50 heavy (non-hydrogen) atoms. The third kappa shape index (κ3) is 5.39. The molecule has 2 saturated heterocycles. The summed E-state index contributed by atoms with van der Waals surface area (Å²) >= 11 is 0. The largest absolute Gasteiger partial charge is 0.497 e. The summed E-state index contributed by atoms with van der Waals surface area (Å²) < 4.78 is 23.3. The van der Waals surface area contributed by atoms with E-state index in [1.807, 2.05) is 25.1 Å². The first-order valence-corrected chi connectivity index (χ1v) is 20.1. The lowest BCUT2D eigenvalue weighted by molar-refractivity contribution is -0.142. The number of carbonyl (C=O) groups is 3. The van der Waals surface area contributed by atoms with Crippen molar-refractivity contribution < 1.29 is 23.3 Å². The summed E-state index contributed by atoms with van der Waals surface area (Å²) in [5.41, 5.74) is 5.58. The molecule has 0 radical (unpaired) electrons. The van der Waals surface area contributed by atoms with Gasteiger partial charge in [-0.1, -0.05) is 32.3 Å². The molecular formula is C40H50N4O5S. The van der Waals surface area contributed by atoms with Crippen LogP contribution in [0.3, 0.4) is 0 Å². The van der Waals surface area contributed by atoms with Crippen LogP contribution in [-0.4, -0.2) is 74.3 Å². The predicted molar refractivity (Wildman–Crippen MR) is 195 cm³/mol. The average Bonchev–Trinajstić information content (AvgIpc) is 3.62. The monoisotopic (exact) mass is 698 g/mol. The lowest BCUT2D eigenvalue weighted by atomic mass is 9.81. The van der Waals surface area contributed by atoms with Crippen LogP contribution in [0.25, 0.3) is 22.2 Å². The molecule has 3 amide bonds. The minimum absolute atomic E-state index is 0.0632. The molecule has 3 aromatic rings. The molecule has 8 rings (SSSR count). The van der Waals surface area contributed by atoms with Gasteiger partial charge in [0.2, 0.25) is 11.8 Å². The van der Waals surface area contributed by atoms with Crippen LogP contribution in [0.2, 0.25) is 0 Å². The number of hydrogen-bond acceptors (Lipinski definition) is 5. The Morgan fingerprint density at radius 3 is 2.48 bits per heavy atom. The molecule has 3 aliphatic heterocycles. The van der Waals surface area contributed by atoms with E-state index >= 15 is 0 Å². The molecule has 4 heterocycles. The lowest BCUT2D eigenvalue weighted by Crippen LogP contribution is -2.55. The minimum Gasteiger partial charge on any atom is -0.497 e. The highest BCUT2D eigenvalue weighted by Crippen LogP contribution is 2.66. The van der Waals surface area contributed by atoms with Crippen molar-refractivity contribution >= 4 is 39.6 Å². The Labute approximate surface area is 297 Å². The number of ether oxygens (including phenoxy) is 1. The fourth-order valence-electron chi connectivity index (χ4n) is 10.2. The highest BCUT2D eigenvalue weighted by molar-refractivity contribution is 7.83. The van der Waals surface area contributed by atoms with E-state index in [4.69, 9.17) is 4.74 Å². The molecular weight excluding hydrogens is 649 g/mol. The first-order chi connectivity index (χ1) is 24.2. The molecule has 1 N–H and O–H groups in total. The summed E-state index contributed by atoms with van der Waals surface area (Å²) in [5, 5.41) is 1.15. The fraction of sp³-hybridized carbons (Fsp3) is 0.575. The van der Waals surface area contributed by atoms with E-state index in [0.29, 0.717) is 36.9 Å². The normalized spacial score (nSPS) is 24.7. The number of nitrogens with zero attached hydrogens (tertiary/aromatic N) is 3. The summed E-state index contributed by atoms with van der Waals surface area (Å²) in [6, 6.07) is 12.3. The highest BCUT2D eigenvalue weighted by Gasteiger charge is 2.64. The topological polar surface area (TPSA) is 101 Å². The second-order valence-electron chi connectivity index (χ2n) is 15.6. The van der Waals surface area contributed by atoms with E-state index in [1.54, 1.807) is 14.0 Å². The van der Waals surface area contributed by atoms with E-state index in [-0.39, 0.29) is 29.2 Å². The van der Waals surface area contributed by atoms with Crippen LogP contribution < -0.4 is 9.46 Å². The van der Waals surface area contributed by atoms with Crippen LogP contribution in [0.5, 0.6) is 5.75 Å². The van der Waals surface area contributed by atoms with Crippen LogP contribution in [0.15, 0.2) is 36.4 Å². The molecule has 3 unspecified atom stereocenters. The van der Waals surface area contributed by atoms with Gasteiger partial charge in [0.05, 0.1) is 18.2 Å². The van der Waals surface area contributed by atoms with Gasteiger partial charge in [-0.25, -0.2) is 4.21 Å². The highest BCUT2D eigenvalue weighted by atomic mass is 32.2. The maximum atomic E-state index is 15.0. The van der Waals surface area contributed by atoms with Crippen molar-refractivity contribution in [1.82, 2.24) is 19.1 Å². The van der Waals surface area contributed by atoms with Gasteiger partial charge in [0.15, 0.2) is 0 Å². The number of aromatic nitrogens is 1. The number of fused-ring (bicyclic) bond motifs is 7. The van der Waals surface area contributed by atoms with Gasteiger partial charge in [0.25, 0.3) is 5.91 Å². The van der Waals surface area contributed by atoms with Crippen molar-refractivity contribution in [2.75, 3.05) is 32.5 Å². The summed E-state index contributed by atoms with van der Waals surface area (Å²) in [5.74, 6) is 1.68. The smallest absolute Gasteiger partial charge is 0.263 e. The van der Waals surface area contributed by atoms with Gasteiger partial charge < -0.3 is 19.1 Å². The van der Waals surface area contributed by atoms with Crippen molar-refractivity contribution in [3.05, 3.63) is 53.1 Å². The standard InChI is InChI=1S/C40H50N4O5S/c1-4-21-50(48)41-37(46)28-11-13-31-34(22-28)43-25-40(38(47)42-19-16-39(17-20-42)15-8-18-44(39)26(2)45)24-33(40)32-23-29(49-3)12-14-30(32)36(43)35(31)27-9-6-5-7-10-27/h11-14,22-23,27,33H,4-10,15-21,24-25H2,1-3H3,(H,41,46). The van der Waals surface area contributed by atoms with Gasteiger partial charge in [0.1, 0.15) is 16.7 Å². The number of hydrogen-bond donors (Lipinski definition) is 1. The number of carbonyl (C=O) groups excluding carboxylic acids is 3. The second-order valence-corrected chi connectivity index (χ2v) is 16.9.